The third-order valence-electron chi connectivity index (χ3n) is 4.75. The van der Waals surface area contributed by atoms with E-state index < -0.39 is 28.5 Å². The Morgan fingerprint density at radius 1 is 1.06 bits per heavy atom. The van der Waals surface area contributed by atoms with Gasteiger partial charge in [-0.1, -0.05) is 30.3 Å². The summed E-state index contributed by atoms with van der Waals surface area (Å²) in [5.41, 5.74) is 1.17. The molecular weight excluding hydrogens is 418 g/mol. The zero-order valence-corrected chi connectivity index (χ0v) is 19.1. The summed E-state index contributed by atoms with van der Waals surface area (Å²) in [6.45, 7) is 3.57. The zero-order chi connectivity index (χ0) is 23.0. The topological polar surface area (TPSA) is 96.0 Å². The van der Waals surface area contributed by atoms with Gasteiger partial charge in [-0.25, -0.2) is 8.42 Å². The second-order valence-electron chi connectivity index (χ2n) is 7.05. The molecule has 2 aromatic carbocycles. The average Bonchev–Trinajstić information content (AvgIpc) is 2.75. The highest BCUT2D eigenvalue weighted by molar-refractivity contribution is 7.92. The van der Waals surface area contributed by atoms with Crippen LogP contribution in [0.4, 0.5) is 5.69 Å². The summed E-state index contributed by atoms with van der Waals surface area (Å²) in [4.78, 5) is 27.1. The molecule has 0 aliphatic carbocycles. The highest BCUT2D eigenvalue weighted by Crippen LogP contribution is 2.19. The van der Waals surface area contributed by atoms with Crippen LogP contribution in [0.2, 0.25) is 0 Å². The number of anilines is 1. The van der Waals surface area contributed by atoms with Crippen LogP contribution in [0.5, 0.6) is 5.75 Å². The quantitative estimate of drug-likeness (QED) is 0.601. The molecule has 0 heterocycles. The normalized spacial score (nSPS) is 12.0. The molecule has 2 amide bonds. The number of nitrogens with one attached hydrogen (secondary N) is 1. The number of hydrogen-bond donors (Lipinski definition) is 1. The number of benzene rings is 2. The van der Waals surface area contributed by atoms with Crippen molar-refractivity contribution in [2.75, 3.05) is 30.8 Å². The van der Waals surface area contributed by atoms with Crippen LogP contribution in [0.15, 0.2) is 54.6 Å². The van der Waals surface area contributed by atoms with E-state index in [1.807, 2.05) is 0 Å². The minimum absolute atomic E-state index is 0.146. The Bertz CT molecular complexity index is 978. The van der Waals surface area contributed by atoms with Crippen molar-refractivity contribution in [2.24, 2.45) is 0 Å². The minimum Gasteiger partial charge on any atom is -0.497 e. The number of carbonyl (C=O) groups is 2. The first-order chi connectivity index (χ1) is 14.7. The van der Waals surface area contributed by atoms with E-state index in [0.717, 1.165) is 16.1 Å². The molecular formula is C22H29N3O5S. The molecule has 8 nitrogen and oxygen atoms in total. The highest BCUT2D eigenvalue weighted by Gasteiger charge is 2.29. The maximum absolute atomic E-state index is 13.3. The molecule has 0 bridgehead atoms. The molecule has 31 heavy (non-hydrogen) atoms. The second kappa shape index (κ2) is 10.8. The number of sulfonamides is 1. The van der Waals surface area contributed by atoms with Crippen LogP contribution < -0.4 is 14.4 Å². The summed E-state index contributed by atoms with van der Waals surface area (Å²) in [5.74, 6) is -0.121. The van der Waals surface area contributed by atoms with E-state index in [9.17, 15) is 18.0 Å². The number of ether oxygens (including phenoxy) is 1. The number of carbonyl (C=O) groups excluding carboxylic acids is 2. The minimum atomic E-state index is -3.72. The van der Waals surface area contributed by atoms with Crippen LogP contribution in [0.3, 0.4) is 0 Å². The summed E-state index contributed by atoms with van der Waals surface area (Å²) in [6.07, 6.45) is 1.05. The predicted molar refractivity (Wildman–Crippen MR) is 120 cm³/mol. The summed E-state index contributed by atoms with van der Waals surface area (Å²) >= 11 is 0. The highest BCUT2D eigenvalue weighted by atomic mass is 32.2. The van der Waals surface area contributed by atoms with Gasteiger partial charge in [0.15, 0.2) is 0 Å². The summed E-state index contributed by atoms with van der Waals surface area (Å²) in [6, 6.07) is 14.7. The Morgan fingerprint density at radius 3 is 2.19 bits per heavy atom. The fourth-order valence-corrected chi connectivity index (χ4v) is 3.89. The lowest BCUT2D eigenvalue weighted by Gasteiger charge is -2.31. The Morgan fingerprint density at radius 2 is 1.68 bits per heavy atom. The van der Waals surface area contributed by atoms with Crippen molar-refractivity contribution in [3.63, 3.8) is 0 Å². The van der Waals surface area contributed by atoms with Gasteiger partial charge in [-0.15, -0.1) is 0 Å². The molecule has 0 spiro atoms. The van der Waals surface area contributed by atoms with Gasteiger partial charge in [-0.2, -0.15) is 0 Å². The molecule has 0 saturated heterocycles. The van der Waals surface area contributed by atoms with E-state index in [1.54, 1.807) is 75.6 Å². The lowest BCUT2D eigenvalue weighted by Crippen LogP contribution is -2.51. The monoisotopic (exact) mass is 447 g/mol. The van der Waals surface area contributed by atoms with Crippen LogP contribution in [-0.2, 0) is 26.2 Å². The largest absolute Gasteiger partial charge is 0.497 e. The van der Waals surface area contributed by atoms with Gasteiger partial charge in [0.25, 0.3) is 0 Å². The lowest BCUT2D eigenvalue weighted by molar-refractivity contribution is -0.139. The van der Waals surface area contributed by atoms with Gasteiger partial charge in [0, 0.05) is 13.1 Å². The number of amides is 2. The maximum atomic E-state index is 13.3. The van der Waals surface area contributed by atoms with Crippen molar-refractivity contribution < 1.29 is 22.7 Å². The third kappa shape index (κ3) is 6.71. The maximum Gasteiger partial charge on any atom is 0.244 e. The first-order valence-electron chi connectivity index (χ1n) is 9.90. The van der Waals surface area contributed by atoms with Crippen molar-refractivity contribution in [3.8, 4) is 5.75 Å². The van der Waals surface area contributed by atoms with E-state index in [0.29, 0.717) is 18.0 Å². The van der Waals surface area contributed by atoms with E-state index >= 15 is 0 Å². The molecule has 2 aromatic rings. The van der Waals surface area contributed by atoms with E-state index in [4.69, 9.17) is 4.74 Å². The van der Waals surface area contributed by atoms with Gasteiger partial charge in [-0.05, 0) is 43.7 Å². The number of rotatable bonds is 10. The zero-order valence-electron chi connectivity index (χ0n) is 18.2. The fourth-order valence-electron chi connectivity index (χ4n) is 3.04. The number of para-hydroxylation sites is 1. The van der Waals surface area contributed by atoms with Crippen molar-refractivity contribution in [3.05, 3.63) is 60.2 Å². The molecule has 9 heteroatoms. The number of methoxy groups -OCH3 is 1. The smallest absolute Gasteiger partial charge is 0.244 e. The van der Waals surface area contributed by atoms with Gasteiger partial charge in [0.2, 0.25) is 21.8 Å². The van der Waals surface area contributed by atoms with Gasteiger partial charge in [-0.3, -0.25) is 13.9 Å². The molecule has 2 rings (SSSR count). The van der Waals surface area contributed by atoms with Crippen LogP contribution >= 0.6 is 0 Å². The number of nitrogens with zero attached hydrogens (tertiary/aromatic N) is 2. The number of hydrogen-bond acceptors (Lipinski definition) is 5. The third-order valence-corrected chi connectivity index (χ3v) is 5.89. The molecule has 0 fully saturated rings. The Balaban J connectivity index is 2.33. The first-order valence-corrected chi connectivity index (χ1v) is 11.7. The van der Waals surface area contributed by atoms with E-state index in [1.165, 1.54) is 4.90 Å². The summed E-state index contributed by atoms with van der Waals surface area (Å²) in [7, 11) is -2.15. The molecule has 0 radical (unpaired) electrons. The van der Waals surface area contributed by atoms with Crippen LogP contribution in [-0.4, -0.2) is 57.6 Å². The molecule has 0 aliphatic rings. The van der Waals surface area contributed by atoms with Crippen molar-refractivity contribution in [2.45, 2.75) is 26.4 Å². The van der Waals surface area contributed by atoms with Gasteiger partial charge in [0.05, 0.1) is 19.1 Å². The van der Waals surface area contributed by atoms with E-state index in [-0.39, 0.29) is 12.5 Å². The van der Waals surface area contributed by atoms with Crippen LogP contribution in [0.1, 0.15) is 19.4 Å². The Hall–Kier alpha value is -3.07. The Kier molecular flexibility index (Phi) is 8.44. The van der Waals surface area contributed by atoms with E-state index in [2.05, 4.69) is 5.32 Å². The van der Waals surface area contributed by atoms with Crippen LogP contribution in [0, 0.1) is 0 Å². The molecule has 1 atom stereocenters. The average molecular weight is 448 g/mol. The first kappa shape index (κ1) is 24.2. The predicted octanol–water partition coefficient (Wildman–Crippen LogP) is 2.01. The fraction of sp³-hybridized carbons (Fsp3) is 0.364. The number of likely N-dealkylation sites (N-methyl/N-ethyl adjacent to an activating group) is 1. The lowest BCUT2D eigenvalue weighted by atomic mass is 10.1. The molecule has 0 aromatic heterocycles. The van der Waals surface area contributed by atoms with Crippen molar-refractivity contribution in [1.29, 1.82) is 0 Å². The molecule has 168 valence electrons. The van der Waals surface area contributed by atoms with Gasteiger partial charge < -0.3 is 15.0 Å². The van der Waals surface area contributed by atoms with Gasteiger partial charge >= 0.3 is 0 Å². The second-order valence-corrected chi connectivity index (χ2v) is 8.95. The Labute approximate surface area is 183 Å². The van der Waals surface area contributed by atoms with Crippen LogP contribution in [0.25, 0.3) is 0 Å². The molecule has 0 aliphatic heterocycles. The molecule has 0 unspecified atom stereocenters. The van der Waals surface area contributed by atoms with Gasteiger partial charge in [0.1, 0.15) is 18.3 Å². The summed E-state index contributed by atoms with van der Waals surface area (Å²) < 4.78 is 31.0. The van der Waals surface area contributed by atoms with Crippen molar-refractivity contribution >= 4 is 27.5 Å². The molecule has 1 N–H and O–H groups in total. The molecule has 0 saturated carbocycles. The standard InChI is InChI=1S/C22H29N3O5S/c1-5-23-22(27)17(2)24(15-18-11-13-20(30-3)14-12-18)21(26)16-25(31(4,28)29)19-9-7-6-8-10-19/h6-14,17H,5,15-16H2,1-4H3,(H,23,27)/t17-/m0/s1. The van der Waals surface area contributed by atoms with Crippen molar-refractivity contribution in [1.82, 2.24) is 10.2 Å². The summed E-state index contributed by atoms with van der Waals surface area (Å²) in [5, 5.41) is 2.72. The SMILES string of the molecule is CCNC(=O)[C@H](C)N(Cc1ccc(OC)cc1)C(=O)CN(c1ccccc1)S(C)(=O)=O.